The number of nitrogens with one attached hydrogen (secondary N) is 1. The number of aromatic nitrogens is 2. The molecule has 0 amide bonds. The van der Waals surface area contributed by atoms with Gasteiger partial charge >= 0.3 is 5.97 Å². The first-order valence-electron chi connectivity index (χ1n) is 6.83. The summed E-state index contributed by atoms with van der Waals surface area (Å²) in [6.45, 7) is 0.512. The number of aromatic carboxylic acids is 1. The van der Waals surface area contributed by atoms with Gasteiger partial charge in [0.05, 0.1) is 10.7 Å². The lowest BCUT2D eigenvalue weighted by molar-refractivity contribution is 0.0691. The largest absolute Gasteiger partial charge is 0.476 e. The molecule has 5 heteroatoms. The topological polar surface area (TPSA) is 75.1 Å². The van der Waals surface area contributed by atoms with Crippen LogP contribution < -0.4 is 16.0 Å². The molecule has 0 saturated carbocycles. The molecular weight excluding hydrogens is 266 g/mol. The van der Waals surface area contributed by atoms with Crippen molar-refractivity contribution in [3.63, 3.8) is 0 Å². The van der Waals surface area contributed by atoms with Crippen LogP contribution in [0, 0.1) is 0 Å². The van der Waals surface area contributed by atoms with E-state index < -0.39 is 5.97 Å². The molecule has 0 fully saturated rings. The molecule has 106 valence electrons. The standard InChI is InChI=1S/C16H15N3O2/c20-16(21)14-15(17-10-11-6-2-1-3-7-11)19-13-9-5-4-8-12(13)18-14/h1-3,6-9H,4-5,10H2,(H,17,19)(H,20,21). The van der Waals surface area contributed by atoms with Crippen molar-refractivity contribution in [3.8, 4) is 0 Å². The number of carboxylic acid groups (broad SMARTS) is 1. The van der Waals surface area contributed by atoms with Crippen LogP contribution in [0.1, 0.15) is 28.9 Å². The summed E-state index contributed by atoms with van der Waals surface area (Å²) in [5, 5.41) is 13.8. The number of carboxylic acids is 1. The van der Waals surface area contributed by atoms with E-state index >= 15 is 0 Å². The average Bonchev–Trinajstić information content (AvgIpc) is 2.53. The predicted octanol–water partition coefficient (Wildman–Crippen LogP) is 1.14. The molecule has 1 aromatic carbocycles. The van der Waals surface area contributed by atoms with Crippen LogP contribution in [0.5, 0.6) is 0 Å². The Morgan fingerprint density at radius 2 is 1.76 bits per heavy atom. The molecule has 0 spiro atoms. The molecule has 0 radical (unpaired) electrons. The van der Waals surface area contributed by atoms with Gasteiger partial charge in [-0.05, 0) is 18.4 Å². The number of fused-ring (bicyclic) bond motifs is 1. The van der Waals surface area contributed by atoms with E-state index in [-0.39, 0.29) is 5.69 Å². The number of anilines is 1. The molecule has 2 N–H and O–H groups in total. The van der Waals surface area contributed by atoms with Gasteiger partial charge in [0.25, 0.3) is 0 Å². The first kappa shape index (κ1) is 13.3. The third-order valence-corrected chi connectivity index (χ3v) is 3.30. The molecule has 0 aliphatic heterocycles. The molecule has 1 heterocycles. The van der Waals surface area contributed by atoms with Crippen molar-refractivity contribution in [1.29, 1.82) is 0 Å². The summed E-state index contributed by atoms with van der Waals surface area (Å²) in [4.78, 5) is 20.0. The van der Waals surface area contributed by atoms with E-state index in [1.807, 2.05) is 42.5 Å². The second-order valence-electron chi connectivity index (χ2n) is 4.82. The van der Waals surface area contributed by atoms with Gasteiger partial charge in [-0.3, -0.25) is 0 Å². The first-order valence-corrected chi connectivity index (χ1v) is 6.83. The van der Waals surface area contributed by atoms with Gasteiger partial charge in [0.15, 0.2) is 11.5 Å². The van der Waals surface area contributed by atoms with Crippen molar-refractivity contribution < 1.29 is 9.90 Å². The molecule has 5 nitrogen and oxygen atoms in total. The maximum Gasteiger partial charge on any atom is 0.358 e. The van der Waals surface area contributed by atoms with Crippen molar-refractivity contribution in [3.05, 3.63) is 52.3 Å². The zero-order chi connectivity index (χ0) is 14.7. The normalized spacial score (nSPS) is 12.8. The molecule has 3 rings (SSSR count). The molecule has 0 bridgehead atoms. The van der Waals surface area contributed by atoms with Crippen molar-refractivity contribution >= 4 is 23.9 Å². The van der Waals surface area contributed by atoms with Crippen LogP contribution in [-0.2, 0) is 6.54 Å². The summed E-state index contributed by atoms with van der Waals surface area (Å²) >= 11 is 0. The molecule has 21 heavy (non-hydrogen) atoms. The lowest BCUT2D eigenvalue weighted by Crippen LogP contribution is -2.36. The summed E-state index contributed by atoms with van der Waals surface area (Å²) in [5.41, 5.74) is 1.03. The Kier molecular flexibility index (Phi) is 3.64. The number of hydrogen-bond acceptors (Lipinski definition) is 4. The maximum atomic E-state index is 11.4. The van der Waals surface area contributed by atoms with E-state index in [0.29, 0.717) is 17.7 Å². The molecule has 2 aromatic rings. The van der Waals surface area contributed by atoms with Gasteiger partial charge in [0, 0.05) is 6.54 Å². The number of rotatable bonds is 4. The highest BCUT2D eigenvalue weighted by atomic mass is 16.4. The van der Waals surface area contributed by atoms with Crippen LogP contribution in [0.3, 0.4) is 0 Å². The summed E-state index contributed by atoms with van der Waals surface area (Å²) in [5.74, 6) is -0.753. The van der Waals surface area contributed by atoms with E-state index in [4.69, 9.17) is 0 Å². The average molecular weight is 281 g/mol. The Balaban J connectivity index is 1.95. The minimum Gasteiger partial charge on any atom is -0.476 e. The zero-order valence-electron chi connectivity index (χ0n) is 11.4. The fourth-order valence-corrected chi connectivity index (χ4v) is 2.26. The molecular formula is C16H15N3O2. The van der Waals surface area contributed by atoms with Crippen molar-refractivity contribution in [2.24, 2.45) is 0 Å². The number of benzene rings is 1. The highest BCUT2D eigenvalue weighted by Crippen LogP contribution is 2.09. The Hall–Kier alpha value is -2.69. The SMILES string of the molecule is O=C(O)c1nc2c(nc1NCc1ccccc1)=CCCC=2. The van der Waals surface area contributed by atoms with E-state index in [9.17, 15) is 9.90 Å². The molecule has 1 aromatic heterocycles. The molecule has 1 aliphatic rings. The number of nitrogens with zero attached hydrogens (tertiary/aromatic N) is 2. The molecule has 0 saturated heterocycles. The lowest BCUT2D eigenvalue weighted by atomic mass is 10.2. The van der Waals surface area contributed by atoms with Crippen LogP contribution in [0.2, 0.25) is 0 Å². The Morgan fingerprint density at radius 3 is 2.43 bits per heavy atom. The third kappa shape index (κ3) is 2.91. The van der Waals surface area contributed by atoms with Crippen LogP contribution in [0.25, 0.3) is 12.2 Å². The fourth-order valence-electron chi connectivity index (χ4n) is 2.26. The zero-order valence-corrected chi connectivity index (χ0v) is 11.4. The van der Waals surface area contributed by atoms with Gasteiger partial charge in [0.2, 0.25) is 0 Å². The van der Waals surface area contributed by atoms with Gasteiger partial charge in [-0.2, -0.15) is 0 Å². The monoisotopic (exact) mass is 281 g/mol. The second kappa shape index (κ2) is 5.75. The first-order chi connectivity index (χ1) is 10.2. The third-order valence-electron chi connectivity index (χ3n) is 3.30. The molecule has 0 atom stereocenters. The minimum atomic E-state index is -1.07. The predicted molar refractivity (Wildman–Crippen MR) is 80.2 cm³/mol. The van der Waals surface area contributed by atoms with E-state index in [2.05, 4.69) is 15.3 Å². The van der Waals surface area contributed by atoms with Crippen LogP contribution in [0.4, 0.5) is 5.82 Å². The van der Waals surface area contributed by atoms with Gasteiger partial charge in [-0.15, -0.1) is 0 Å². The Morgan fingerprint density at radius 1 is 1.10 bits per heavy atom. The van der Waals surface area contributed by atoms with Crippen LogP contribution in [-0.4, -0.2) is 21.0 Å². The highest BCUT2D eigenvalue weighted by molar-refractivity contribution is 5.90. The maximum absolute atomic E-state index is 11.4. The Bertz CT molecular complexity index is 785. The van der Waals surface area contributed by atoms with Crippen molar-refractivity contribution in [2.75, 3.05) is 5.32 Å². The smallest absolute Gasteiger partial charge is 0.358 e. The van der Waals surface area contributed by atoms with Crippen molar-refractivity contribution in [2.45, 2.75) is 19.4 Å². The van der Waals surface area contributed by atoms with Gasteiger partial charge in [0.1, 0.15) is 0 Å². The van der Waals surface area contributed by atoms with E-state index in [0.717, 1.165) is 23.8 Å². The van der Waals surface area contributed by atoms with Gasteiger partial charge in [-0.1, -0.05) is 42.5 Å². The minimum absolute atomic E-state index is 0.0313. The van der Waals surface area contributed by atoms with E-state index in [1.165, 1.54) is 0 Å². The summed E-state index contributed by atoms with van der Waals surface area (Å²) in [6, 6.07) is 9.76. The summed E-state index contributed by atoms with van der Waals surface area (Å²) in [7, 11) is 0. The van der Waals surface area contributed by atoms with Crippen LogP contribution >= 0.6 is 0 Å². The summed E-state index contributed by atoms with van der Waals surface area (Å²) in [6.07, 6.45) is 5.70. The van der Waals surface area contributed by atoms with Gasteiger partial charge < -0.3 is 10.4 Å². The molecule has 1 aliphatic carbocycles. The van der Waals surface area contributed by atoms with E-state index in [1.54, 1.807) is 0 Å². The van der Waals surface area contributed by atoms with Crippen LogP contribution in [0.15, 0.2) is 30.3 Å². The lowest BCUT2D eigenvalue weighted by Gasteiger charge is -2.09. The summed E-state index contributed by atoms with van der Waals surface area (Å²) < 4.78 is 0. The Labute approximate surface area is 121 Å². The quantitative estimate of drug-likeness (QED) is 0.879. The highest BCUT2D eigenvalue weighted by Gasteiger charge is 2.14. The fraction of sp³-hybridized carbons (Fsp3) is 0.188. The number of carbonyl (C=O) groups is 1. The van der Waals surface area contributed by atoms with Gasteiger partial charge in [-0.25, -0.2) is 14.8 Å². The molecule has 0 unspecified atom stereocenters. The second-order valence-corrected chi connectivity index (χ2v) is 4.82. The van der Waals surface area contributed by atoms with Crippen molar-refractivity contribution in [1.82, 2.24) is 9.97 Å². The number of hydrogen-bond donors (Lipinski definition) is 2.